The van der Waals surface area contributed by atoms with Gasteiger partial charge in [-0.25, -0.2) is 0 Å². The minimum absolute atomic E-state index is 0.0365. The summed E-state index contributed by atoms with van der Waals surface area (Å²) in [6.45, 7) is 7.52. The number of fused-ring (bicyclic) bond motifs is 2. The molecule has 0 bridgehead atoms. The molecule has 0 radical (unpaired) electrons. The van der Waals surface area contributed by atoms with E-state index in [1.165, 1.54) is 0 Å². The largest absolute Gasteiger partial charge is 0.390 e. The number of aliphatic hydroxyl groups is 2. The zero-order valence-corrected chi connectivity index (χ0v) is 13.5. The molecule has 0 aliphatic carbocycles. The molecule has 0 aromatic heterocycles. The molecule has 3 saturated heterocycles. The van der Waals surface area contributed by atoms with Gasteiger partial charge in [0.25, 0.3) is 0 Å². The van der Waals surface area contributed by atoms with E-state index in [0.29, 0.717) is 12.8 Å². The van der Waals surface area contributed by atoms with Gasteiger partial charge in [0, 0.05) is 0 Å². The van der Waals surface area contributed by atoms with Crippen LogP contribution in [-0.4, -0.2) is 59.0 Å². The maximum atomic E-state index is 10.1. The molecule has 3 heterocycles. The molecule has 130 valence electrons. The summed E-state index contributed by atoms with van der Waals surface area (Å²) in [6.07, 6.45) is 5.97. The fourth-order valence-electron chi connectivity index (χ4n) is 3.93. The van der Waals surface area contributed by atoms with E-state index in [2.05, 4.69) is 13.2 Å². The first-order valence-electron chi connectivity index (χ1n) is 8.70. The molecule has 0 aromatic carbocycles. The van der Waals surface area contributed by atoms with E-state index in [1.54, 1.807) is 12.2 Å². The van der Waals surface area contributed by atoms with Crippen LogP contribution >= 0.6 is 0 Å². The van der Waals surface area contributed by atoms with Crippen LogP contribution in [0.15, 0.2) is 25.3 Å². The number of rotatable bonds is 2. The lowest BCUT2D eigenvalue weighted by atomic mass is 10.0. The molecule has 0 aromatic rings. The van der Waals surface area contributed by atoms with E-state index < -0.39 is 12.2 Å². The van der Waals surface area contributed by atoms with Crippen LogP contribution in [0.3, 0.4) is 0 Å². The van der Waals surface area contributed by atoms with Crippen molar-refractivity contribution in [1.29, 1.82) is 0 Å². The van der Waals surface area contributed by atoms with Crippen LogP contribution in [0.25, 0.3) is 0 Å². The summed E-state index contributed by atoms with van der Waals surface area (Å²) in [7, 11) is 0. The normalized spacial score (nSPS) is 48.1. The van der Waals surface area contributed by atoms with Crippen molar-refractivity contribution < 1.29 is 24.4 Å². The third-order valence-electron chi connectivity index (χ3n) is 5.30. The van der Waals surface area contributed by atoms with Crippen molar-refractivity contribution in [3.63, 3.8) is 0 Å². The molecule has 5 heteroatoms. The summed E-state index contributed by atoms with van der Waals surface area (Å²) in [5, 5.41) is 20.2. The minimum atomic E-state index is -0.517. The summed E-state index contributed by atoms with van der Waals surface area (Å²) in [5.74, 6) is 0. The number of aliphatic hydroxyl groups excluding tert-OH is 2. The predicted molar refractivity (Wildman–Crippen MR) is 86.1 cm³/mol. The highest BCUT2D eigenvalue weighted by Crippen LogP contribution is 2.35. The second-order valence-corrected chi connectivity index (χ2v) is 6.83. The Labute approximate surface area is 137 Å². The van der Waals surface area contributed by atoms with Crippen molar-refractivity contribution >= 4 is 0 Å². The van der Waals surface area contributed by atoms with Crippen LogP contribution in [0.1, 0.15) is 38.5 Å². The van der Waals surface area contributed by atoms with Crippen molar-refractivity contribution in [1.82, 2.24) is 0 Å². The van der Waals surface area contributed by atoms with E-state index in [1.807, 2.05) is 0 Å². The first kappa shape index (κ1) is 17.1. The Hall–Kier alpha value is -0.720. The van der Waals surface area contributed by atoms with Crippen LogP contribution in [0.2, 0.25) is 0 Å². The zero-order chi connectivity index (χ0) is 16.4. The minimum Gasteiger partial charge on any atom is -0.390 e. The molecule has 3 aliphatic rings. The highest BCUT2D eigenvalue weighted by Gasteiger charge is 2.41. The topological polar surface area (TPSA) is 68.2 Å². The maximum Gasteiger partial charge on any atom is 0.102 e. The van der Waals surface area contributed by atoms with Gasteiger partial charge in [-0.05, 0) is 38.5 Å². The Morgan fingerprint density at radius 3 is 1.35 bits per heavy atom. The van der Waals surface area contributed by atoms with Gasteiger partial charge in [-0.3, -0.25) is 0 Å². The smallest absolute Gasteiger partial charge is 0.102 e. The second-order valence-electron chi connectivity index (χ2n) is 6.83. The lowest BCUT2D eigenvalue weighted by Crippen LogP contribution is -2.35. The van der Waals surface area contributed by atoms with Crippen molar-refractivity contribution in [2.24, 2.45) is 0 Å². The molecule has 2 N–H and O–H groups in total. The molecule has 0 amide bonds. The molecular formula is C18H28O5. The van der Waals surface area contributed by atoms with Crippen LogP contribution in [0, 0.1) is 0 Å². The van der Waals surface area contributed by atoms with Crippen LogP contribution in [-0.2, 0) is 14.2 Å². The molecule has 3 rings (SSSR count). The average Bonchev–Trinajstić information content (AvgIpc) is 2.87. The van der Waals surface area contributed by atoms with Gasteiger partial charge in [0.15, 0.2) is 0 Å². The fraction of sp³-hybridized carbons (Fsp3) is 0.778. The lowest BCUT2D eigenvalue weighted by Gasteiger charge is -2.27. The van der Waals surface area contributed by atoms with Gasteiger partial charge >= 0.3 is 0 Å². The summed E-state index contributed by atoms with van der Waals surface area (Å²) < 4.78 is 18.4. The van der Waals surface area contributed by atoms with Gasteiger partial charge in [-0.15, -0.1) is 13.2 Å². The van der Waals surface area contributed by atoms with Crippen molar-refractivity contribution in [2.75, 3.05) is 0 Å². The number of hydrogen-bond donors (Lipinski definition) is 2. The number of hydrogen-bond acceptors (Lipinski definition) is 5. The highest BCUT2D eigenvalue weighted by molar-refractivity contribution is 4.96. The molecule has 3 aliphatic heterocycles. The Morgan fingerprint density at radius 2 is 0.957 bits per heavy atom. The second kappa shape index (κ2) is 7.45. The maximum absolute atomic E-state index is 10.1. The van der Waals surface area contributed by atoms with Gasteiger partial charge < -0.3 is 24.4 Å². The third-order valence-corrected chi connectivity index (χ3v) is 5.30. The fourth-order valence-corrected chi connectivity index (χ4v) is 3.93. The highest BCUT2D eigenvalue weighted by atomic mass is 16.6. The first-order valence-corrected chi connectivity index (χ1v) is 8.70. The summed E-state index contributed by atoms with van der Waals surface area (Å²) in [5.41, 5.74) is 0. The molecule has 23 heavy (non-hydrogen) atoms. The van der Waals surface area contributed by atoms with Crippen LogP contribution in [0.5, 0.6) is 0 Å². The van der Waals surface area contributed by atoms with E-state index in [-0.39, 0.29) is 36.6 Å². The van der Waals surface area contributed by atoms with Gasteiger partial charge in [0.2, 0.25) is 0 Å². The Morgan fingerprint density at radius 1 is 0.609 bits per heavy atom. The number of ether oxygens (including phenoxy) is 3. The van der Waals surface area contributed by atoms with Gasteiger partial charge in [-0.1, -0.05) is 12.2 Å². The van der Waals surface area contributed by atoms with Crippen molar-refractivity contribution in [3.05, 3.63) is 25.3 Å². The quantitative estimate of drug-likeness (QED) is 0.757. The van der Waals surface area contributed by atoms with Gasteiger partial charge in [0.1, 0.15) is 12.2 Å². The third kappa shape index (κ3) is 3.69. The SMILES string of the molecule is C=C[C@@H]1O[C@@H]2CC[C@@H]3O[C@H](C=C)[C@@H](O)CC[C@H]3O[C@H]2CC[C@H]1O. The summed E-state index contributed by atoms with van der Waals surface area (Å²) >= 11 is 0. The van der Waals surface area contributed by atoms with E-state index >= 15 is 0 Å². The van der Waals surface area contributed by atoms with Gasteiger partial charge in [-0.2, -0.15) is 0 Å². The molecule has 8 atom stereocenters. The molecule has 0 unspecified atom stereocenters. The Balaban J connectivity index is 1.73. The van der Waals surface area contributed by atoms with E-state index in [0.717, 1.165) is 25.7 Å². The Kier molecular flexibility index (Phi) is 5.54. The van der Waals surface area contributed by atoms with Crippen molar-refractivity contribution in [2.45, 2.75) is 87.4 Å². The van der Waals surface area contributed by atoms with Crippen LogP contribution < -0.4 is 0 Å². The molecule has 0 spiro atoms. The van der Waals surface area contributed by atoms with Crippen molar-refractivity contribution in [3.8, 4) is 0 Å². The molecule has 3 fully saturated rings. The van der Waals surface area contributed by atoms with Gasteiger partial charge in [0.05, 0.1) is 36.6 Å². The average molecular weight is 324 g/mol. The molecular weight excluding hydrogens is 296 g/mol. The molecule has 5 nitrogen and oxygen atoms in total. The first-order chi connectivity index (χ1) is 11.1. The standard InChI is InChI=1S/C18H28O5/c1-3-13-11(19)5-7-15-17(21-13)9-10-18-16(23-15)8-6-12(20)14(4-2)22-18/h3-4,11-20H,1-2,5-10H2/t11-,12+,13+,14-,15+,16-,17-,18+. The lowest BCUT2D eigenvalue weighted by molar-refractivity contribution is -0.129. The summed E-state index contributed by atoms with van der Waals surface area (Å²) in [4.78, 5) is 0. The summed E-state index contributed by atoms with van der Waals surface area (Å²) in [6, 6.07) is 0. The molecule has 0 saturated carbocycles. The predicted octanol–water partition coefficient (Wildman–Crippen LogP) is 1.72. The van der Waals surface area contributed by atoms with E-state index in [9.17, 15) is 10.2 Å². The zero-order valence-electron chi connectivity index (χ0n) is 13.5. The monoisotopic (exact) mass is 324 g/mol. The van der Waals surface area contributed by atoms with E-state index in [4.69, 9.17) is 14.2 Å². The Bertz CT molecular complexity index is 388. The van der Waals surface area contributed by atoms with Crippen LogP contribution in [0.4, 0.5) is 0 Å².